The van der Waals surface area contributed by atoms with Crippen molar-refractivity contribution in [3.8, 4) is 0 Å². The highest BCUT2D eigenvalue weighted by Crippen LogP contribution is 2.34. The average molecular weight is 322 g/mol. The van der Waals surface area contributed by atoms with Gasteiger partial charge in [-0.05, 0) is 74.8 Å². The Bertz CT molecular complexity index is 842. The number of amides is 1. The highest BCUT2D eigenvalue weighted by atomic mass is 16.1. The number of anilines is 1. The number of aromatic amines is 2. The number of likely N-dealkylation sites (tertiary alicyclic amines) is 1. The van der Waals surface area contributed by atoms with Crippen LogP contribution in [-0.2, 0) is 0 Å². The quantitative estimate of drug-likeness (QED) is 0.690. The Morgan fingerprint density at radius 1 is 1.21 bits per heavy atom. The Balaban J connectivity index is 1.60. The van der Waals surface area contributed by atoms with Gasteiger partial charge in [0.2, 0.25) is 0 Å². The number of hydrogen-bond donors (Lipinski definition) is 3. The van der Waals surface area contributed by atoms with Gasteiger partial charge in [-0.1, -0.05) is 0 Å². The molecule has 3 N–H and O–H groups in total. The molecule has 1 amide bonds. The van der Waals surface area contributed by atoms with Gasteiger partial charge in [0.1, 0.15) is 5.69 Å². The van der Waals surface area contributed by atoms with E-state index in [1.54, 1.807) is 12.3 Å². The van der Waals surface area contributed by atoms with Crippen LogP contribution < -0.4 is 5.32 Å². The second kappa shape index (κ2) is 6.17. The van der Waals surface area contributed by atoms with Crippen LogP contribution in [-0.4, -0.2) is 40.9 Å². The summed E-state index contributed by atoms with van der Waals surface area (Å²) in [7, 11) is 2.18. The van der Waals surface area contributed by atoms with Crippen LogP contribution in [0, 0.1) is 0 Å². The highest BCUT2D eigenvalue weighted by molar-refractivity contribution is 6.04. The number of fused-ring (bicyclic) bond motifs is 1. The van der Waals surface area contributed by atoms with Crippen molar-refractivity contribution in [2.24, 2.45) is 0 Å². The summed E-state index contributed by atoms with van der Waals surface area (Å²) in [5.74, 6) is 0.472. The molecule has 4 rings (SSSR count). The molecule has 3 heterocycles. The van der Waals surface area contributed by atoms with E-state index in [1.165, 1.54) is 23.8 Å². The summed E-state index contributed by atoms with van der Waals surface area (Å²) in [5, 5.41) is 4.19. The smallest absolute Gasteiger partial charge is 0.272 e. The van der Waals surface area contributed by atoms with Crippen molar-refractivity contribution in [2.75, 3.05) is 25.5 Å². The number of aromatic nitrogens is 2. The van der Waals surface area contributed by atoms with Crippen molar-refractivity contribution < 1.29 is 4.79 Å². The number of rotatable bonds is 3. The van der Waals surface area contributed by atoms with E-state index in [0.717, 1.165) is 24.3 Å². The first kappa shape index (κ1) is 15.0. The molecule has 1 aliphatic rings. The zero-order chi connectivity index (χ0) is 16.5. The lowest BCUT2D eigenvalue weighted by Crippen LogP contribution is -2.29. The summed E-state index contributed by atoms with van der Waals surface area (Å²) >= 11 is 0. The van der Waals surface area contributed by atoms with Crippen molar-refractivity contribution >= 4 is 22.5 Å². The second-order valence-corrected chi connectivity index (χ2v) is 6.62. The van der Waals surface area contributed by atoms with Gasteiger partial charge in [0.25, 0.3) is 5.91 Å². The molecule has 0 aliphatic carbocycles. The van der Waals surface area contributed by atoms with Gasteiger partial charge in [0.05, 0.1) is 0 Å². The molecule has 1 aromatic carbocycles. The molecule has 0 unspecified atom stereocenters. The summed E-state index contributed by atoms with van der Waals surface area (Å²) in [6.45, 7) is 2.28. The van der Waals surface area contributed by atoms with E-state index in [0.29, 0.717) is 11.6 Å². The number of carbonyl (C=O) groups is 1. The topological polar surface area (TPSA) is 63.9 Å². The Morgan fingerprint density at radius 3 is 2.79 bits per heavy atom. The number of H-pyrrole nitrogens is 2. The van der Waals surface area contributed by atoms with Gasteiger partial charge in [-0.25, -0.2) is 0 Å². The highest BCUT2D eigenvalue weighted by Gasteiger charge is 2.21. The Hall–Kier alpha value is -2.53. The van der Waals surface area contributed by atoms with Crippen LogP contribution in [0.3, 0.4) is 0 Å². The molecule has 1 aliphatic heterocycles. The number of hydrogen-bond acceptors (Lipinski definition) is 2. The predicted octanol–water partition coefficient (Wildman–Crippen LogP) is 3.56. The van der Waals surface area contributed by atoms with Crippen LogP contribution in [0.25, 0.3) is 10.9 Å². The molecule has 0 radical (unpaired) electrons. The maximum atomic E-state index is 12.2. The molecule has 0 spiro atoms. The number of piperidine rings is 1. The van der Waals surface area contributed by atoms with E-state index in [-0.39, 0.29) is 5.91 Å². The molecule has 2 aromatic heterocycles. The van der Waals surface area contributed by atoms with Crippen LogP contribution in [0.1, 0.15) is 34.8 Å². The SMILES string of the molecule is CN1CCC(c2c[nH]c3ccc(NC(=O)c4ccc[nH]4)cc23)CC1. The van der Waals surface area contributed by atoms with Crippen molar-refractivity contribution in [1.29, 1.82) is 0 Å². The summed E-state index contributed by atoms with van der Waals surface area (Å²) in [5.41, 5.74) is 3.89. The van der Waals surface area contributed by atoms with E-state index in [1.807, 2.05) is 18.2 Å². The van der Waals surface area contributed by atoms with Crippen molar-refractivity contribution in [1.82, 2.24) is 14.9 Å². The molecular weight excluding hydrogens is 300 g/mol. The molecular formula is C19H22N4O. The Labute approximate surface area is 141 Å². The first-order valence-corrected chi connectivity index (χ1v) is 8.45. The lowest BCUT2D eigenvalue weighted by Gasteiger charge is -2.28. The molecule has 124 valence electrons. The van der Waals surface area contributed by atoms with E-state index in [4.69, 9.17) is 0 Å². The largest absolute Gasteiger partial charge is 0.361 e. The Kier molecular flexibility index (Phi) is 3.86. The fourth-order valence-corrected chi connectivity index (χ4v) is 3.55. The van der Waals surface area contributed by atoms with Gasteiger partial charge < -0.3 is 20.2 Å². The van der Waals surface area contributed by atoms with E-state index in [2.05, 4.69) is 39.5 Å². The molecule has 1 saturated heterocycles. The fraction of sp³-hybridized carbons (Fsp3) is 0.316. The van der Waals surface area contributed by atoms with Crippen molar-refractivity contribution in [3.63, 3.8) is 0 Å². The third-order valence-corrected chi connectivity index (χ3v) is 4.97. The van der Waals surface area contributed by atoms with E-state index >= 15 is 0 Å². The maximum Gasteiger partial charge on any atom is 0.272 e. The normalized spacial score (nSPS) is 16.5. The lowest BCUT2D eigenvalue weighted by molar-refractivity contribution is 0.102. The first-order chi connectivity index (χ1) is 11.7. The van der Waals surface area contributed by atoms with Gasteiger partial charge >= 0.3 is 0 Å². The van der Waals surface area contributed by atoms with Gasteiger partial charge in [0.15, 0.2) is 0 Å². The van der Waals surface area contributed by atoms with Crippen LogP contribution in [0.5, 0.6) is 0 Å². The standard InChI is InChI=1S/C19H22N4O/c1-23-9-6-13(7-10-23)16-12-21-17-5-4-14(11-15(16)17)22-19(24)18-3-2-8-20-18/h2-5,8,11-13,20-21H,6-7,9-10H2,1H3,(H,22,24). The second-order valence-electron chi connectivity index (χ2n) is 6.62. The zero-order valence-corrected chi connectivity index (χ0v) is 13.8. The van der Waals surface area contributed by atoms with Gasteiger partial charge in [-0.15, -0.1) is 0 Å². The molecule has 5 heteroatoms. The van der Waals surface area contributed by atoms with Crippen LogP contribution >= 0.6 is 0 Å². The first-order valence-electron chi connectivity index (χ1n) is 8.45. The number of nitrogens with one attached hydrogen (secondary N) is 3. The molecule has 0 atom stereocenters. The van der Waals surface area contributed by atoms with Gasteiger partial charge in [0, 0.05) is 29.0 Å². The lowest BCUT2D eigenvalue weighted by atomic mass is 9.89. The van der Waals surface area contributed by atoms with Gasteiger partial charge in [-0.2, -0.15) is 0 Å². The van der Waals surface area contributed by atoms with Crippen LogP contribution in [0.15, 0.2) is 42.7 Å². The van der Waals surface area contributed by atoms with Crippen molar-refractivity contribution in [3.05, 3.63) is 54.0 Å². The summed E-state index contributed by atoms with van der Waals surface area (Å²) in [6.07, 6.45) is 6.25. The monoisotopic (exact) mass is 322 g/mol. The Morgan fingerprint density at radius 2 is 2.04 bits per heavy atom. The minimum atomic E-state index is -0.115. The number of carbonyl (C=O) groups excluding carboxylic acids is 1. The number of benzene rings is 1. The minimum Gasteiger partial charge on any atom is -0.361 e. The fourth-order valence-electron chi connectivity index (χ4n) is 3.55. The molecule has 1 fully saturated rings. The summed E-state index contributed by atoms with van der Waals surface area (Å²) in [6, 6.07) is 9.66. The number of nitrogens with zero attached hydrogens (tertiary/aromatic N) is 1. The molecule has 3 aromatic rings. The predicted molar refractivity (Wildman–Crippen MR) is 96.5 cm³/mol. The summed E-state index contributed by atoms with van der Waals surface area (Å²) in [4.78, 5) is 20.9. The third-order valence-electron chi connectivity index (χ3n) is 4.97. The minimum absolute atomic E-state index is 0.115. The molecule has 5 nitrogen and oxygen atoms in total. The zero-order valence-electron chi connectivity index (χ0n) is 13.8. The van der Waals surface area contributed by atoms with Gasteiger partial charge in [-0.3, -0.25) is 4.79 Å². The molecule has 0 bridgehead atoms. The summed E-state index contributed by atoms with van der Waals surface area (Å²) < 4.78 is 0. The average Bonchev–Trinajstić information content (AvgIpc) is 3.25. The molecule has 24 heavy (non-hydrogen) atoms. The van der Waals surface area contributed by atoms with E-state index in [9.17, 15) is 4.79 Å². The van der Waals surface area contributed by atoms with Crippen LogP contribution in [0.4, 0.5) is 5.69 Å². The molecule has 0 saturated carbocycles. The maximum absolute atomic E-state index is 12.2. The van der Waals surface area contributed by atoms with Crippen LogP contribution in [0.2, 0.25) is 0 Å². The van der Waals surface area contributed by atoms with E-state index < -0.39 is 0 Å². The van der Waals surface area contributed by atoms with Crippen molar-refractivity contribution in [2.45, 2.75) is 18.8 Å². The third kappa shape index (κ3) is 2.83.